The number of urea groups is 2. The van der Waals surface area contributed by atoms with Crippen molar-refractivity contribution in [3.8, 4) is 0 Å². The Labute approximate surface area is 88.2 Å². The maximum Gasteiger partial charge on any atom is 0.368 e. The molecule has 1 saturated heterocycles. The van der Waals surface area contributed by atoms with Gasteiger partial charge < -0.3 is 21.5 Å². The van der Waals surface area contributed by atoms with Crippen LogP contribution in [0.4, 0.5) is 9.59 Å². The Morgan fingerprint density at radius 1 is 1.44 bits per heavy atom. The molecular formula is C6H8N4O6. The molecule has 0 aromatic rings. The SMILES string of the molecule is NC(=O)NC1NC(=O)NC1=O.O=CC(=O)O. The van der Waals surface area contributed by atoms with E-state index in [1.807, 2.05) is 10.6 Å². The molecule has 6 N–H and O–H groups in total. The third-order valence-corrected chi connectivity index (χ3v) is 1.16. The first kappa shape index (κ1) is 13.4. The Balaban J connectivity index is 0.000000385. The van der Waals surface area contributed by atoms with Crippen LogP contribution in [0.15, 0.2) is 0 Å². The molecule has 10 nitrogen and oxygen atoms in total. The van der Waals surface area contributed by atoms with E-state index in [4.69, 9.17) is 20.4 Å². The molecule has 16 heavy (non-hydrogen) atoms. The topological polar surface area (TPSA) is 168 Å². The number of rotatable bonds is 2. The number of nitrogens with two attached hydrogens (primary N) is 1. The van der Waals surface area contributed by atoms with Gasteiger partial charge in [-0.3, -0.25) is 14.9 Å². The van der Waals surface area contributed by atoms with Crippen LogP contribution in [-0.2, 0) is 14.4 Å². The lowest BCUT2D eigenvalue weighted by atomic mass is 10.5. The second-order valence-corrected chi connectivity index (χ2v) is 2.36. The zero-order valence-electron chi connectivity index (χ0n) is 7.72. The number of carboxylic acids is 1. The minimum atomic E-state index is -1.43. The second kappa shape index (κ2) is 5.95. The van der Waals surface area contributed by atoms with Crippen LogP contribution < -0.4 is 21.7 Å². The van der Waals surface area contributed by atoms with Gasteiger partial charge >= 0.3 is 18.0 Å². The summed E-state index contributed by atoms with van der Waals surface area (Å²) in [4.78, 5) is 49.2. The number of imide groups is 1. The number of hydrogen-bond acceptors (Lipinski definition) is 5. The number of carboxylic acid groups (broad SMARTS) is 1. The first-order chi connectivity index (χ1) is 7.36. The molecule has 1 aliphatic rings. The molecule has 0 saturated carbocycles. The lowest BCUT2D eigenvalue weighted by Gasteiger charge is -2.05. The summed E-state index contributed by atoms with van der Waals surface area (Å²) >= 11 is 0. The number of carbonyl (C=O) groups is 5. The third kappa shape index (κ3) is 5.16. The number of nitrogens with one attached hydrogen (secondary N) is 3. The van der Waals surface area contributed by atoms with Gasteiger partial charge in [-0.05, 0) is 0 Å². The summed E-state index contributed by atoms with van der Waals surface area (Å²) in [5.41, 5.74) is 4.70. The number of carbonyl (C=O) groups excluding carboxylic acids is 4. The van der Waals surface area contributed by atoms with Crippen LogP contribution in [0.5, 0.6) is 0 Å². The minimum Gasteiger partial charge on any atom is -0.476 e. The second-order valence-electron chi connectivity index (χ2n) is 2.36. The van der Waals surface area contributed by atoms with Crippen molar-refractivity contribution in [2.75, 3.05) is 0 Å². The van der Waals surface area contributed by atoms with Crippen LogP contribution in [0.25, 0.3) is 0 Å². The summed E-state index contributed by atoms with van der Waals surface area (Å²) in [5, 5.41) is 13.4. The van der Waals surface area contributed by atoms with E-state index in [9.17, 15) is 14.4 Å². The van der Waals surface area contributed by atoms with E-state index in [2.05, 4.69) is 5.32 Å². The van der Waals surface area contributed by atoms with Crippen LogP contribution in [-0.4, -0.2) is 41.5 Å². The number of amides is 5. The molecule has 10 heteroatoms. The van der Waals surface area contributed by atoms with Crippen molar-refractivity contribution in [1.29, 1.82) is 0 Å². The third-order valence-electron chi connectivity index (χ3n) is 1.16. The molecule has 1 fully saturated rings. The van der Waals surface area contributed by atoms with E-state index >= 15 is 0 Å². The summed E-state index contributed by atoms with van der Waals surface area (Å²) in [6, 6.07) is -1.51. The van der Waals surface area contributed by atoms with Crippen molar-refractivity contribution < 1.29 is 29.1 Å². The highest BCUT2D eigenvalue weighted by Gasteiger charge is 2.29. The molecule has 0 aromatic heterocycles. The number of hydrogen-bond donors (Lipinski definition) is 5. The molecule has 0 aliphatic carbocycles. The summed E-state index contributed by atoms with van der Waals surface area (Å²) in [6.07, 6.45) is -1.21. The van der Waals surface area contributed by atoms with Crippen molar-refractivity contribution in [2.45, 2.75) is 6.17 Å². The van der Waals surface area contributed by atoms with Gasteiger partial charge in [-0.2, -0.15) is 0 Å². The normalized spacial score (nSPS) is 17.4. The van der Waals surface area contributed by atoms with E-state index in [1.165, 1.54) is 0 Å². The highest BCUT2D eigenvalue weighted by molar-refractivity contribution is 6.19. The fourth-order valence-electron chi connectivity index (χ4n) is 0.661. The summed E-state index contributed by atoms with van der Waals surface area (Å²) in [6.45, 7) is 0. The van der Waals surface area contributed by atoms with Gasteiger partial charge in [-0.1, -0.05) is 0 Å². The van der Waals surface area contributed by atoms with Crippen LogP contribution in [0.2, 0.25) is 0 Å². The van der Waals surface area contributed by atoms with Crippen molar-refractivity contribution in [3.05, 3.63) is 0 Å². The van der Waals surface area contributed by atoms with Crippen LogP contribution >= 0.6 is 0 Å². The van der Waals surface area contributed by atoms with Gasteiger partial charge in [-0.25, -0.2) is 14.4 Å². The van der Waals surface area contributed by atoms with Crippen molar-refractivity contribution in [2.24, 2.45) is 5.73 Å². The Bertz CT molecular complexity index is 340. The van der Waals surface area contributed by atoms with Crippen LogP contribution in [0.1, 0.15) is 0 Å². The number of aldehydes is 1. The van der Waals surface area contributed by atoms with E-state index < -0.39 is 30.1 Å². The maximum atomic E-state index is 10.7. The molecule has 1 rings (SSSR count). The van der Waals surface area contributed by atoms with Crippen molar-refractivity contribution >= 4 is 30.2 Å². The molecule has 0 spiro atoms. The molecule has 88 valence electrons. The zero-order valence-corrected chi connectivity index (χ0v) is 7.72. The fraction of sp³-hybridized carbons (Fsp3) is 0.167. The Morgan fingerprint density at radius 3 is 2.19 bits per heavy atom. The average Bonchev–Trinajstić information content (AvgIpc) is 2.45. The highest BCUT2D eigenvalue weighted by atomic mass is 16.4. The lowest BCUT2D eigenvalue weighted by molar-refractivity contribution is -0.143. The predicted molar refractivity (Wildman–Crippen MR) is 46.9 cm³/mol. The molecule has 5 amide bonds. The first-order valence-corrected chi connectivity index (χ1v) is 3.72. The Hall–Kier alpha value is -2.65. The summed E-state index contributed by atoms with van der Waals surface area (Å²) in [7, 11) is 0. The minimum absolute atomic E-state index is 0.167. The van der Waals surface area contributed by atoms with Crippen LogP contribution in [0, 0.1) is 0 Å². The smallest absolute Gasteiger partial charge is 0.368 e. The first-order valence-electron chi connectivity index (χ1n) is 3.72. The zero-order chi connectivity index (χ0) is 12.7. The van der Waals surface area contributed by atoms with Gasteiger partial charge in [0.2, 0.25) is 6.29 Å². The number of aliphatic carboxylic acids is 1. The molecule has 1 aliphatic heterocycles. The van der Waals surface area contributed by atoms with Gasteiger partial charge in [0.1, 0.15) is 0 Å². The van der Waals surface area contributed by atoms with Gasteiger partial charge in [0.25, 0.3) is 5.91 Å². The van der Waals surface area contributed by atoms with Crippen LogP contribution in [0.3, 0.4) is 0 Å². The fourth-order valence-corrected chi connectivity index (χ4v) is 0.661. The largest absolute Gasteiger partial charge is 0.476 e. The van der Waals surface area contributed by atoms with E-state index in [1.54, 1.807) is 0 Å². The monoisotopic (exact) mass is 232 g/mol. The summed E-state index contributed by atoms with van der Waals surface area (Å²) in [5.74, 6) is -2.04. The number of primary amides is 1. The van der Waals surface area contributed by atoms with Gasteiger partial charge in [0.05, 0.1) is 0 Å². The Kier molecular flexibility index (Phi) is 4.97. The van der Waals surface area contributed by atoms with E-state index in [0.717, 1.165) is 0 Å². The maximum absolute atomic E-state index is 10.7. The van der Waals surface area contributed by atoms with Gasteiger partial charge in [0.15, 0.2) is 6.17 Å². The Morgan fingerprint density at radius 2 is 1.94 bits per heavy atom. The van der Waals surface area contributed by atoms with Gasteiger partial charge in [0, 0.05) is 0 Å². The van der Waals surface area contributed by atoms with E-state index in [0.29, 0.717) is 0 Å². The molecule has 0 aromatic carbocycles. The molecule has 0 bridgehead atoms. The molecule has 0 radical (unpaired) electrons. The highest BCUT2D eigenvalue weighted by Crippen LogP contribution is 1.86. The van der Waals surface area contributed by atoms with E-state index in [-0.39, 0.29) is 6.29 Å². The van der Waals surface area contributed by atoms with Gasteiger partial charge in [-0.15, -0.1) is 0 Å². The molecule has 1 heterocycles. The van der Waals surface area contributed by atoms with Crippen molar-refractivity contribution in [3.63, 3.8) is 0 Å². The molecular weight excluding hydrogens is 224 g/mol. The predicted octanol–water partition coefficient (Wildman–Crippen LogP) is -2.91. The quantitative estimate of drug-likeness (QED) is 0.194. The molecule has 1 unspecified atom stereocenters. The lowest BCUT2D eigenvalue weighted by Crippen LogP contribution is -2.48. The van der Waals surface area contributed by atoms with Crippen molar-refractivity contribution in [1.82, 2.24) is 16.0 Å². The standard InChI is InChI=1S/C4H6N4O3.C2H2O3/c5-3(10)6-1-2(9)8-4(11)7-1;3-1-2(4)5/h1H,(H3,5,6,10)(H2,7,8,9,11);1H,(H,4,5). The average molecular weight is 232 g/mol. The molecule has 1 atom stereocenters. The summed E-state index contributed by atoms with van der Waals surface area (Å²) < 4.78 is 0.